The minimum Gasteiger partial charge on any atom is -0.309 e. The number of nitrogens with zero attached hydrogens (tertiary/aromatic N) is 5. The lowest BCUT2D eigenvalue weighted by Crippen LogP contribution is -2.74. The van der Waals surface area contributed by atoms with Crippen LogP contribution in [0, 0.1) is 0 Å². The lowest BCUT2D eigenvalue weighted by Gasteiger charge is -2.42. The van der Waals surface area contributed by atoms with Crippen LogP contribution < -0.4 is 25.6 Å². The summed E-state index contributed by atoms with van der Waals surface area (Å²) in [4.78, 5) is 12.6. The number of imidazole rings is 1. The van der Waals surface area contributed by atoms with E-state index >= 15 is 0 Å². The molecule has 308 valence electrons. The number of hydrogen-bond donors (Lipinski definition) is 0. The maximum atomic E-state index is 5.08. The largest absolute Gasteiger partial charge is 0.309 e. The first-order valence-electron chi connectivity index (χ1n) is 22.4. The fourth-order valence-electron chi connectivity index (χ4n) is 11.3. The Morgan fingerprint density at radius 3 is 1.86 bits per heavy atom. The highest BCUT2D eigenvalue weighted by Gasteiger charge is 2.43. The Morgan fingerprint density at radius 1 is 0.446 bits per heavy atom. The molecule has 65 heavy (non-hydrogen) atoms. The Hall–Kier alpha value is -8.06. The smallest absolute Gasteiger partial charge is 0.179 e. The molecule has 0 amide bonds. The molecule has 0 radical (unpaired) electrons. The number of anilines is 3. The standard InChI is InChI=1S/C59H43N5Si/c1-59(2)49-25-13-15-27-52(49)63(40-18-6-3-7-19-40)57-50(59)33-34-53-56(57)47-32-30-44(39-54(47)64(53)55-28-16-17-35-60-55)65(41-20-8-4-9-21-41,42-22-10-5-11-23-42)43-29-31-45-46-24-12-14-26-51(46)62-37-36-61-58(62)48(45)38-43/h3-39H,1-2H3. The van der Waals surface area contributed by atoms with E-state index in [1.165, 1.54) is 64.8 Å². The molecule has 4 aromatic heterocycles. The van der Waals surface area contributed by atoms with Crippen molar-refractivity contribution in [3.8, 4) is 5.82 Å². The summed E-state index contributed by atoms with van der Waals surface area (Å²) in [6.07, 6.45) is 5.92. The van der Waals surface area contributed by atoms with Gasteiger partial charge >= 0.3 is 0 Å². The van der Waals surface area contributed by atoms with Crippen LogP contribution in [0.1, 0.15) is 25.0 Å². The maximum Gasteiger partial charge on any atom is 0.179 e. The Bertz CT molecular complexity index is 3760. The molecule has 0 fully saturated rings. The normalized spacial score (nSPS) is 13.5. The molecule has 0 N–H and O–H groups in total. The third-order valence-electron chi connectivity index (χ3n) is 14.1. The van der Waals surface area contributed by atoms with Crippen LogP contribution in [0.2, 0.25) is 0 Å². The minimum atomic E-state index is -3.09. The van der Waals surface area contributed by atoms with Crippen molar-refractivity contribution in [1.82, 2.24) is 18.9 Å². The fourth-order valence-corrected chi connectivity index (χ4v) is 16.0. The second-order valence-corrected chi connectivity index (χ2v) is 21.6. The number of benzene rings is 8. The van der Waals surface area contributed by atoms with Gasteiger partial charge in [-0.05, 0) is 85.8 Å². The molecule has 8 aromatic carbocycles. The van der Waals surface area contributed by atoms with E-state index in [9.17, 15) is 0 Å². The van der Waals surface area contributed by atoms with Crippen LogP contribution in [-0.4, -0.2) is 27.0 Å². The van der Waals surface area contributed by atoms with E-state index < -0.39 is 8.07 Å². The van der Waals surface area contributed by atoms with Crippen LogP contribution >= 0.6 is 0 Å². The van der Waals surface area contributed by atoms with Crippen molar-refractivity contribution >= 4 is 95.0 Å². The molecule has 0 atom stereocenters. The van der Waals surface area contributed by atoms with Gasteiger partial charge in [0.15, 0.2) is 8.07 Å². The summed E-state index contributed by atoms with van der Waals surface area (Å²) in [5.41, 5.74) is 10.3. The molecule has 0 saturated carbocycles. The van der Waals surface area contributed by atoms with Crippen molar-refractivity contribution in [1.29, 1.82) is 0 Å². The van der Waals surface area contributed by atoms with E-state index in [1.807, 2.05) is 18.5 Å². The topological polar surface area (TPSA) is 38.4 Å². The van der Waals surface area contributed by atoms with E-state index in [-0.39, 0.29) is 5.41 Å². The Morgan fingerprint density at radius 2 is 1.11 bits per heavy atom. The van der Waals surface area contributed by atoms with Crippen LogP contribution in [0.15, 0.2) is 225 Å². The average molecular weight is 850 g/mol. The predicted octanol–water partition coefficient (Wildman–Crippen LogP) is 11.6. The molecule has 13 rings (SSSR count). The van der Waals surface area contributed by atoms with Gasteiger partial charge in [-0.1, -0.05) is 172 Å². The van der Waals surface area contributed by atoms with Gasteiger partial charge in [0.25, 0.3) is 0 Å². The van der Waals surface area contributed by atoms with Crippen molar-refractivity contribution in [2.45, 2.75) is 19.3 Å². The summed E-state index contributed by atoms with van der Waals surface area (Å²) in [7, 11) is -3.09. The van der Waals surface area contributed by atoms with Crippen LogP contribution in [0.5, 0.6) is 0 Å². The van der Waals surface area contributed by atoms with Crippen molar-refractivity contribution < 1.29 is 0 Å². The van der Waals surface area contributed by atoms with Gasteiger partial charge in [-0.3, -0.25) is 8.97 Å². The zero-order chi connectivity index (χ0) is 43.3. The van der Waals surface area contributed by atoms with E-state index in [1.54, 1.807) is 0 Å². The number of hydrogen-bond acceptors (Lipinski definition) is 3. The molecule has 12 aromatic rings. The lowest BCUT2D eigenvalue weighted by molar-refractivity contribution is 0.633. The SMILES string of the molecule is CC1(C)c2ccccc2N(c2ccccc2)c2c1ccc1c2c2ccc([Si](c3ccccc3)(c3ccccc3)c3ccc4c5ccccc5n5ccnc5c4c3)cc2n1-c1ccccn1. The number of fused-ring (bicyclic) bond motifs is 12. The highest BCUT2D eigenvalue weighted by Crippen LogP contribution is 2.55. The number of para-hydroxylation sites is 3. The first kappa shape index (κ1) is 37.5. The van der Waals surface area contributed by atoms with Crippen LogP contribution in [-0.2, 0) is 5.41 Å². The minimum absolute atomic E-state index is 0.255. The Labute approximate surface area is 378 Å². The first-order chi connectivity index (χ1) is 32.0. The summed E-state index contributed by atoms with van der Waals surface area (Å²) in [6.45, 7) is 4.75. The third kappa shape index (κ3) is 5.32. The van der Waals surface area contributed by atoms with E-state index in [0.717, 1.165) is 39.1 Å². The van der Waals surface area contributed by atoms with Crippen LogP contribution in [0.3, 0.4) is 0 Å². The van der Waals surface area contributed by atoms with Crippen LogP contribution in [0.25, 0.3) is 54.9 Å². The summed E-state index contributed by atoms with van der Waals surface area (Å²) in [5.74, 6) is 0.886. The number of pyridine rings is 2. The first-order valence-corrected chi connectivity index (χ1v) is 24.4. The molecule has 0 unspecified atom stereocenters. The summed E-state index contributed by atoms with van der Waals surface area (Å²) >= 11 is 0. The Balaban J connectivity index is 1.17. The molecule has 1 aliphatic heterocycles. The van der Waals surface area contributed by atoms with Gasteiger partial charge in [0.2, 0.25) is 0 Å². The Kier molecular flexibility index (Phi) is 8.20. The van der Waals surface area contributed by atoms with Crippen LogP contribution in [0.4, 0.5) is 17.1 Å². The maximum absolute atomic E-state index is 5.08. The molecule has 0 saturated heterocycles. The molecule has 0 spiro atoms. The third-order valence-corrected chi connectivity index (χ3v) is 18.9. The second kappa shape index (κ2) is 14.2. The number of aromatic nitrogens is 4. The molecule has 5 nitrogen and oxygen atoms in total. The average Bonchev–Trinajstić information content (AvgIpc) is 4.00. The van der Waals surface area contributed by atoms with Gasteiger partial charge in [0.1, 0.15) is 11.5 Å². The van der Waals surface area contributed by atoms with E-state index in [4.69, 9.17) is 9.97 Å². The summed E-state index contributed by atoms with van der Waals surface area (Å²) < 4.78 is 4.65. The second-order valence-electron chi connectivity index (χ2n) is 17.8. The van der Waals surface area contributed by atoms with Gasteiger partial charge in [-0.15, -0.1) is 0 Å². The summed E-state index contributed by atoms with van der Waals surface area (Å²) in [5, 5.41) is 11.2. The molecule has 1 aliphatic rings. The van der Waals surface area contributed by atoms with Gasteiger partial charge in [-0.25, -0.2) is 9.97 Å². The highest BCUT2D eigenvalue weighted by molar-refractivity contribution is 7.20. The fraction of sp³-hybridized carbons (Fsp3) is 0.0508. The molecule has 0 aliphatic carbocycles. The zero-order valence-corrected chi connectivity index (χ0v) is 37.1. The van der Waals surface area contributed by atoms with Crippen molar-refractivity contribution in [3.63, 3.8) is 0 Å². The van der Waals surface area contributed by atoms with Gasteiger partial charge in [0, 0.05) is 51.2 Å². The van der Waals surface area contributed by atoms with Gasteiger partial charge in [-0.2, -0.15) is 0 Å². The molecular formula is C59H43N5Si. The molecule has 6 heteroatoms. The lowest BCUT2D eigenvalue weighted by atomic mass is 9.73. The van der Waals surface area contributed by atoms with E-state index in [0.29, 0.717) is 0 Å². The quantitative estimate of drug-likeness (QED) is 0.0950. The number of rotatable bonds is 6. The predicted molar refractivity (Wildman–Crippen MR) is 273 cm³/mol. The molecular weight excluding hydrogens is 807 g/mol. The van der Waals surface area contributed by atoms with Crippen molar-refractivity contribution in [2.24, 2.45) is 0 Å². The van der Waals surface area contributed by atoms with Gasteiger partial charge in [0.05, 0.1) is 27.9 Å². The van der Waals surface area contributed by atoms with Gasteiger partial charge < -0.3 is 4.90 Å². The van der Waals surface area contributed by atoms with Crippen molar-refractivity contribution in [2.75, 3.05) is 4.90 Å². The summed E-state index contributed by atoms with van der Waals surface area (Å²) in [6, 6.07) is 76.5. The van der Waals surface area contributed by atoms with E-state index in [2.05, 4.69) is 234 Å². The van der Waals surface area contributed by atoms with Crippen molar-refractivity contribution in [3.05, 3.63) is 236 Å². The monoisotopic (exact) mass is 849 g/mol. The zero-order valence-electron chi connectivity index (χ0n) is 36.1. The molecule has 5 heterocycles. The highest BCUT2D eigenvalue weighted by atomic mass is 28.3. The molecule has 0 bridgehead atoms.